The third kappa shape index (κ3) is 3.11. The lowest BCUT2D eigenvalue weighted by atomic mass is 10.1. The third-order valence-electron chi connectivity index (χ3n) is 4.78. The van der Waals surface area contributed by atoms with E-state index in [4.69, 9.17) is 9.15 Å². The van der Waals surface area contributed by atoms with Gasteiger partial charge in [-0.05, 0) is 49.4 Å². The van der Waals surface area contributed by atoms with Gasteiger partial charge in [0.1, 0.15) is 16.9 Å². The summed E-state index contributed by atoms with van der Waals surface area (Å²) in [5, 5.41) is 1.70. The molecule has 5 nitrogen and oxygen atoms in total. The second kappa shape index (κ2) is 7.19. The van der Waals surface area contributed by atoms with Gasteiger partial charge in [0.05, 0.1) is 7.11 Å². The Kier molecular flexibility index (Phi) is 4.57. The molecule has 0 atom stereocenters. The first kappa shape index (κ1) is 17.8. The molecule has 0 amide bonds. The largest absolute Gasteiger partial charge is 0.497 e. The Balaban J connectivity index is 1.74. The first-order valence-electron chi connectivity index (χ1n) is 9.03. The van der Waals surface area contributed by atoms with Crippen molar-refractivity contribution < 1.29 is 13.9 Å². The topological polar surface area (TPSA) is 61.4 Å². The zero-order valence-electron chi connectivity index (χ0n) is 15.6. The number of benzene rings is 2. The monoisotopic (exact) mass is 373 g/mol. The highest BCUT2D eigenvalue weighted by atomic mass is 16.5. The predicted molar refractivity (Wildman–Crippen MR) is 110 cm³/mol. The molecule has 2 aromatic heterocycles. The first-order valence-corrected chi connectivity index (χ1v) is 9.03. The molecule has 0 N–H and O–H groups in total. The summed E-state index contributed by atoms with van der Waals surface area (Å²) in [6.45, 7) is 2.86. The molecule has 0 saturated heterocycles. The number of aryl methyl sites for hydroxylation is 1. The van der Waals surface area contributed by atoms with Gasteiger partial charge in [-0.3, -0.25) is 4.79 Å². The summed E-state index contributed by atoms with van der Waals surface area (Å²) < 4.78 is 12.7. The molecule has 4 rings (SSSR count). The van der Waals surface area contributed by atoms with Gasteiger partial charge in [0.2, 0.25) is 0 Å². The van der Waals surface area contributed by atoms with Crippen LogP contribution in [0, 0.1) is 0 Å². The SMILES string of the molecule is CCn1cc(/C=C/C(=O)c2cc3ccccc3oc2=O)c2cc(OC)ccc21. The van der Waals surface area contributed by atoms with E-state index in [0.29, 0.717) is 11.0 Å². The minimum atomic E-state index is -0.633. The number of methoxy groups -OCH3 is 1. The normalized spacial score (nSPS) is 11.5. The van der Waals surface area contributed by atoms with Crippen molar-refractivity contribution >= 4 is 33.7 Å². The van der Waals surface area contributed by atoms with Crippen LogP contribution in [0.4, 0.5) is 0 Å². The van der Waals surface area contributed by atoms with Crippen molar-refractivity contribution in [3.8, 4) is 5.75 Å². The van der Waals surface area contributed by atoms with Crippen LogP contribution in [0.3, 0.4) is 0 Å². The molecule has 0 spiro atoms. The first-order chi connectivity index (χ1) is 13.6. The standard InChI is InChI=1S/C23H19NO4/c1-3-24-14-16(18-13-17(27-2)9-10-20(18)24)8-11-21(25)19-12-15-6-4-5-7-22(15)28-23(19)26/h4-14H,3H2,1-2H3/b11-8+. The molecule has 0 aliphatic carbocycles. The van der Waals surface area contributed by atoms with Crippen molar-refractivity contribution in [1.82, 2.24) is 4.57 Å². The minimum Gasteiger partial charge on any atom is -0.497 e. The van der Waals surface area contributed by atoms with Crippen LogP contribution in [-0.4, -0.2) is 17.5 Å². The van der Waals surface area contributed by atoms with E-state index >= 15 is 0 Å². The molecule has 0 radical (unpaired) electrons. The van der Waals surface area contributed by atoms with Crippen LogP contribution in [0.25, 0.3) is 27.9 Å². The molecular weight excluding hydrogens is 354 g/mol. The number of rotatable bonds is 5. The van der Waals surface area contributed by atoms with Gasteiger partial charge in [-0.15, -0.1) is 0 Å². The summed E-state index contributed by atoms with van der Waals surface area (Å²) in [6.07, 6.45) is 5.12. The highest BCUT2D eigenvalue weighted by Gasteiger charge is 2.12. The summed E-state index contributed by atoms with van der Waals surface area (Å²) >= 11 is 0. The molecule has 0 saturated carbocycles. The summed E-state index contributed by atoms with van der Waals surface area (Å²) in [7, 11) is 1.62. The van der Waals surface area contributed by atoms with Crippen molar-refractivity contribution in [2.45, 2.75) is 13.5 Å². The fraction of sp³-hybridized carbons (Fsp3) is 0.130. The predicted octanol–water partition coefficient (Wildman–Crippen LogP) is 4.67. The molecule has 140 valence electrons. The Morgan fingerprint density at radius 1 is 1.18 bits per heavy atom. The maximum Gasteiger partial charge on any atom is 0.347 e. The van der Waals surface area contributed by atoms with Crippen LogP contribution in [0.5, 0.6) is 5.75 Å². The van der Waals surface area contributed by atoms with Crippen LogP contribution in [0.2, 0.25) is 0 Å². The number of allylic oxidation sites excluding steroid dienone is 1. The van der Waals surface area contributed by atoms with Crippen molar-refractivity contribution in [1.29, 1.82) is 0 Å². The number of nitrogens with zero attached hydrogens (tertiary/aromatic N) is 1. The highest BCUT2D eigenvalue weighted by Crippen LogP contribution is 2.27. The lowest BCUT2D eigenvalue weighted by Crippen LogP contribution is -2.11. The molecular formula is C23H19NO4. The van der Waals surface area contributed by atoms with Gasteiger partial charge in [-0.1, -0.05) is 18.2 Å². The van der Waals surface area contributed by atoms with Gasteiger partial charge < -0.3 is 13.7 Å². The van der Waals surface area contributed by atoms with Crippen LogP contribution in [-0.2, 0) is 6.54 Å². The summed E-state index contributed by atoms with van der Waals surface area (Å²) in [4.78, 5) is 24.8. The van der Waals surface area contributed by atoms with Gasteiger partial charge in [0, 0.05) is 34.6 Å². The van der Waals surface area contributed by atoms with E-state index in [2.05, 4.69) is 11.5 Å². The van der Waals surface area contributed by atoms with Crippen LogP contribution in [0.15, 0.2) is 70.0 Å². The van der Waals surface area contributed by atoms with E-state index < -0.39 is 5.63 Å². The van der Waals surface area contributed by atoms with E-state index in [-0.39, 0.29) is 11.3 Å². The molecule has 0 unspecified atom stereocenters. The van der Waals surface area contributed by atoms with E-state index in [9.17, 15) is 9.59 Å². The fourth-order valence-electron chi connectivity index (χ4n) is 3.31. The Hall–Kier alpha value is -3.60. The number of carbonyl (C=O) groups excluding carboxylic acids is 1. The Bertz CT molecular complexity index is 1280. The number of aromatic nitrogens is 1. The number of carbonyl (C=O) groups is 1. The molecule has 0 aliphatic heterocycles. The Morgan fingerprint density at radius 3 is 2.79 bits per heavy atom. The lowest BCUT2D eigenvalue weighted by molar-refractivity contribution is 0.104. The van der Waals surface area contributed by atoms with Crippen molar-refractivity contribution in [3.63, 3.8) is 0 Å². The van der Waals surface area contributed by atoms with Crippen LogP contribution in [0.1, 0.15) is 22.8 Å². The van der Waals surface area contributed by atoms with Crippen LogP contribution >= 0.6 is 0 Å². The van der Waals surface area contributed by atoms with Crippen molar-refractivity contribution in [2.24, 2.45) is 0 Å². The average Bonchev–Trinajstić information content (AvgIpc) is 3.08. The summed E-state index contributed by atoms with van der Waals surface area (Å²) in [6, 6.07) is 14.5. The molecule has 4 aromatic rings. The maximum absolute atomic E-state index is 12.6. The van der Waals surface area contributed by atoms with Gasteiger partial charge in [0.15, 0.2) is 5.78 Å². The van der Waals surface area contributed by atoms with Gasteiger partial charge in [0.25, 0.3) is 0 Å². The smallest absolute Gasteiger partial charge is 0.347 e. The van der Waals surface area contributed by atoms with Crippen molar-refractivity contribution in [3.05, 3.63) is 82.4 Å². The number of ketones is 1. The van der Waals surface area contributed by atoms with Gasteiger partial charge in [-0.25, -0.2) is 4.79 Å². The second-order valence-electron chi connectivity index (χ2n) is 6.44. The summed E-state index contributed by atoms with van der Waals surface area (Å²) in [5.74, 6) is 0.359. The Morgan fingerprint density at radius 2 is 2.00 bits per heavy atom. The molecule has 5 heteroatoms. The number of fused-ring (bicyclic) bond motifs is 2. The number of ether oxygens (including phenoxy) is 1. The minimum absolute atomic E-state index is 0.0201. The van der Waals surface area contributed by atoms with E-state index in [1.54, 1.807) is 37.5 Å². The third-order valence-corrected chi connectivity index (χ3v) is 4.78. The molecule has 28 heavy (non-hydrogen) atoms. The highest BCUT2D eigenvalue weighted by molar-refractivity contribution is 6.08. The lowest BCUT2D eigenvalue weighted by Gasteiger charge is -2.02. The molecule has 2 heterocycles. The Labute approximate surface area is 161 Å². The van der Waals surface area contributed by atoms with Crippen molar-refractivity contribution in [2.75, 3.05) is 7.11 Å². The molecule has 0 bridgehead atoms. The van der Waals surface area contributed by atoms with E-state index in [1.165, 1.54) is 6.08 Å². The quantitative estimate of drug-likeness (QED) is 0.290. The number of hydrogen-bond donors (Lipinski definition) is 0. The fourth-order valence-corrected chi connectivity index (χ4v) is 3.31. The number of hydrogen-bond acceptors (Lipinski definition) is 4. The second-order valence-corrected chi connectivity index (χ2v) is 6.44. The van der Waals surface area contributed by atoms with Gasteiger partial charge >= 0.3 is 5.63 Å². The zero-order valence-corrected chi connectivity index (χ0v) is 15.6. The van der Waals surface area contributed by atoms with Gasteiger partial charge in [-0.2, -0.15) is 0 Å². The molecule has 2 aromatic carbocycles. The zero-order chi connectivity index (χ0) is 19.7. The van der Waals surface area contributed by atoms with Crippen LogP contribution < -0.4 is 10.4 Å². The maximum atomic E-state index is 12.6. The molecule has 0 aliphatic rings. The number of para-hydroxylation sites is 1. The van der Waals surface area contributed by atoms with E-state index in [1.807, 2.05) is 30.5 Å². The summed E-state index contributed by atoms with van der Waals surface area (Å²) in [5.41, 5.74) is 1.79. The van der Waals surface area contributed by atoms with E-state index in [0.717, 1.165) is 28.8 Å². The average molecular weight is 373 g/mol. The molecule has 0 fully saturated rings.